The Hall–Kier alpha value is -3.62. The van der Waals surface area contributed by atoms with Crippen LogP contribution in [0.25, 0.3) is 0 Å². The van der Waals surface area contributed by atoms with E-state index >= 15 is 0 Å². The van der Waals surface area contributed by atoms with E-state index in [0.717, 1.165) is 12.5 Å². The molecule has 0 aliphatic rings. The lowest BCUT2D eigenvalue weighted by atomic mass is 10.2. The summed E-state index contributed by atoms with van der Waals surface area (Å²) in [6.07, 6.45) is 0.831. The second kappa shape index (κ2) is 9.91. The van der Waals surface area contributed by atoms with Crippen molar-refractivity contribution in [3.8, 4) is 11.5 Å². The predicted octanol–water partition coefficient (Wildman–Crippen LogP) is 2.86. The standard InChI is InChI=1S/C19H21N3O6/c1-3-10-28-16-9-8-14(12-17(16)27-4-2)19(24)21-20-18(23)13-6-5-7-15(11-13)22(25)26/h5-9,11-12H,3-4,10H2,1-2H3,(H,20,23)(H,21,24). The summed E-state index contributed by atoms with van der Waals surface area (Å²) in [5, 5.41) is 10.8. The van der Waals surface area contributed by atoms with Gasteiger partial charge in [0.05, 0.1) is 18.1 Å². The van der Waals surface area contributed by atoms with Crippen molar-refractivity contribution < 1.29 is 24.0 Å². The number of hydrogen-bond donors (Lipinski definition) is 2. The van der Waals surface area contributed by atoms with Crippen molar-refractivity contribution in [1.82, 2.24) is 10.9 Å². The van der Waals surface area contributed by atoms with Crippen LogP contribution in [0.2, 0.25) is 0 Å². The zero-order valence-electron chi connectivity index (χ0n) is 15.6. The highest BCUT2D eigenvalue weighted by Gasteiger charge is 2.15. The minimum Gasteiger partial charge on any atom is -0.490 e. The Morgan fingerprint density at radius 1 is 0.964 bits per heavy atom. The Bertz CT molecular complexity index is 868. The molecule has 0 bridgehead atoms. The van der Waals surface area contributed by atoms with Crippen LogP contribution in [0, 0.1) is 10.1 Å². The maximum atomic E-state index is 12.3. The highest BCUT2D eigenvalue weighted by molar-refractivity contribution is 5.99. The molecule has 0 unspecified atom stereocenters. The number of ether oxygens (including phenoxy) is 2. The van der Waals surface area contributed by atoms with Gasteiger partial charge in [0.25, 0.3) is 17.5 Å². The average molecular weight is 387 g/mol. The number of nitrogens with zero attached hydrogens (tertiary/aromatic N) is 1. The molecule has 2 amide bonds. The van der Waals surface area contributed by atoms with Crippen molar-refractivity contribution in [3.05, 3.63) is 63.7 Å². The van der Waals surface area contributed by atoms with Gasteiger partial charge < -0.3 is 9.47 Å². The van der Waals surface area contributed by atoms with E-state index in [0.29, 0.717) is 24.7 Å². The number of non-ortho nitro benzene ring substituents is 1. The maximum absolute atomic E-state index is 12.3. The third-order valence-corrected chi connectivity index (χ3v) is 3.58. The van der Waals surface area contributed by atoms with Crippen LogP contribution in [0.3, 0.4) is 0 Å². The van der Waals surface area contributed by atoms with Crippen molar-refractivity contribution in [2.75, 3.05) is 13.2 Å². The van der Waals surface area contributed by atoms with Gasteiger partial charge in [0.15, 0.2) is 11.5 Å². The van der Waals surface area contributed by atoms with Gasteiger partial charge in [-0.25, -0.2) is 0 Å². The number of hydrogen-bond acceptors (Lipinski definition) is 6. The highest BCUT2D eigenvalue weighted by Crippen LogP contribution is 2.28. The van der Waals surface area contributed by atoms with Crippen LogP contribution in [-0.2, 0) is 0 Å². The van der Waals surface area contributed by atoms with Crippen molar-refractivity contribution >= 4 is 17.5 Å². The smallest absolute Gasteiger partial charge is 0.270 e. The second-order valence-corrected chi connectivity index (χ2v) is 5.66. The zero-order valence-corrected chi connectivity index (χ0v) is 15.6. The van der Waals surface area contributed by atoms with Crippen LogP contribution >= 0.6 is 0 Å². The molecule has 0 aliphatic heterocycles. The van der Waals surface area contributed by atoms with Gasteiger partial charge in [-0.15, -0.1) is 0 Å². The molecule has 9 nitrogen and oxygen atoms in total. The normalized spacial score (nSPS) is 10.1. The van der Waals surface area contributed by atoms with E-state index in [1.807, 2.05) is 13.8 Å². The molecule has 2 rings (SSSR count). The summed E-state index contributed by atoms with van der Waals surface area (Å²) in [4.78, 5) is 34.6. The van der Waals surface area contributed by atoms with Crippen molar-refractivity contribution in [3.63, 3.8) is 0 Å². The number of nitro benzene ring substituents is 1. The Morgan fingerprint density at radius 3 is 2.25 bits per heavy atom. The molecule has 9 heteroatoms. The maximum Gasteiger partial charge on any atom is 0.270 e. The van der Waals surface area contributed by atoms with Crippen LogP contribution < -0.4 is 20.3 Å². The summed E-state index contributed by atoms with van der Waals surface area (Å²) in [5.41, 5.74) is 4.59. The molecule has 28 heavy (non-hydrogen) atoms. The van der Waals surface area contributed by atoms with Gasteiger partial charge in [0.2, 0.25) is 0 Å². The number of hydrazine groups is 1. The molecule has 0 atom stereocenters. The van der Waals surface area contributed by atoms with Gasteiger partial charge in [0, 0.05) is 23.3 Å². The van der Waals surface area contributed by atoms with E-state index in [1.54, 1.807) is 12.1 Å². The van der Waals surface area contributed by atoms with Gasteiger partial charge in [-0.3, -0.25) is 30.6 Å². The van der Waals surface area contributed by atoms with Crippen LogP contribution in [0.1, 0.15) is 41.0 Å². The molecule has 0 spiro atoms. The van der Waals surface area contributed by atoms with Gasteiger partial charge in [0.1, 0.15) is 0 Å². The topological polar surface area (TPSA) is 120 Å². The number of nitro groups is 1. The molecule has 0 radical (unpaired) electrons. The molecule has 0 saturated heterocycles. The van der Waals surface area contributed by atoms with Crippen molar-refractivity contribution in [2.24, 2.45) is 0 Å². The van der Waals surface area contributed by atoms with Crippen LogP contribution in [0.5, 0.6) is 11.5 Å². The third kappa shape index (κ3) is 5.44. The number of carbonyl (C=O) groups excluding carboxylic acids is 2. The fourth-order valence-corrected chi connectivity index (χ4v) is 2.27. The lowest BCUT2D eigenvalue weighted by Gasteiger charge is -2.13. The first kappa shape index (κ1) is 20.7. The SMILES string of the molecule is CCCOc1ccc(C(=O)NNC(=O)c2cccc([N+](=O)[O-])c2)cc1OCC. The van der Waals surface area contributed by atoms with E-state index in [-0.39, 0.29) is 16.8 Å². The fourth-order valence-electron chi connectivity index (χ4n) is 2.27. The molecule has 0 heterocycles. The zero-order chi connectivity index (χ0) is 20.5. The molecular weight excluding hydrogens is 366 g/mol. The van der Waals surface area contributed by atoms with E-state index in [9.17, 15) is 19.7 Å². The number of carbonyl (C=O) groups is 2. The van der Waals surface area contributed by atoms with E-state index in [4.69, 9.17) is 9.47 Å². The summed E-state index contributed by atoms with van der Waals surface area (Å²) in [7, 11) is 0. The largest absolute Gasteiger partial charge is 0.490 e. The van der Waals surface area contributed by atoms with Crippen LogP contribution in [0.4, 0.5) is 5.69 Å². The molecule has 148 valence electrons. The van der Waals surface area contributed by atoms with Crippen LogP contribution in [-0.4, -0.2) is 30.0 Å². The second-order valence-electron chi connectivity index (χ2n) is 5.66. The Balaban J connectivity index is 2.06. The number of rotatable bonds is 8. The minimum atomic E-state index is -0.676. The molecule has 2 aromatic carbocycles. The summed E-state index contributed by atoms with van der Waals surface area (Å²) in [5.74, 6) is -0.291. The molecule has 0 aromatic heterocycles. The predicted molar refractivity (Wildman–Crippen MR) is 101 cm³/mol. The fraction of sp³-hybridized carbons (Fsp3) is 0.263. The van der Waals surface area contributed by atoms with E-state index in [2.05, 4.69) is 10.9 Å². The minimum absolute atomic E-state index is 0.0489. The first-order valence-corrected chi connectivity index (χ1v) is 8.71. The summed E-state index contributed by atoms with van der Waals surface area (Å²) in [6, 6.07) is 9.87. The Labute approximate surface area is 161 Å². The van der Waals surface area contributed by atoms with Gasteiger partial charge in [-0.1, -0.05) is 13.0 Å². The average Bonchev–Trinajstić information content (AvgIpc) is 2.71. The number of amides is 2. The molecular formula is C19H21N3O6. The molecule has 0 saturated carbocycles. The third-order valence-electron chi connectivity index (χ3n) is 3.58. The van der Waals surface area contributed by atoms with Crippen molar-refractivity contribution in [2.45, 2.75) is 20.3 Å². The highest BCUT2D eigenvalue weighted by atomic mass is 16.6. The monoisotopic (exact) mass is 387 g/mol. The molecule has 2 aromatic rings. The first-order chi connectivity index (χ1) is 13.5. The lowest BCUT2D eigenvalue weighted by Crippen LogP contribution is -2.41. The molecule has 0 fully saturated rings. The quantitative estimate of drug-likeness (QED) is 0.531. The molecule has 0 aliphatic carbocycles. The molecule has 2 N–H and O–H groups in total. The van der Waals surface area contributed by atoms with E-state index in [1.165, 1.54) is 24.3 Å². The number of nitrogens with one attached hydrogen (secondary N) is 2. The van der Waals surface area contributed by atoms with Crippen LogP contribution in [0.15, 0.2) is 42.5 Å². The first-order valence-electron chi connectivity index (χ1n) is 8.71. The number of benzene rings is 2. The van der Waals surface area contributed by atoms with Gasteiger partial charge in [-0.05, 0) is 37.6 Å². The summed E-state index contributed by atoms with van der Waals surface area (Å²) in [6.45, 7) is 4.71. The Morgan fingerprint density at radius 2 is 1.64 bits per heavy atom. The summed E-state index contributed by atoms with van der Waals surface area (Å²) >= 11 is 0. The Kier molecular flexibility index (Phi) is 7.32. The summed E-state index contributed by atoms with van der Waals surface area (Å²) < 4.78 is 11.1. The van der Waals surface area contributed by atoms with Gasteiger partial charge in [-0.2, -0.15) is 0 Å². The van der Waals surface area contributed by atoms with E-state index < -0.39 is 16.7 Å². The lowest BCUT2D eigenvalue weighted by molar-refractivity contribution is -0.384. The van der Waals surface area contributed by atoms with Crippen molar-refractivity contribution in [1.29, 1.82) is 0 Å². The van der Waals surface area contributed by atoms with Gasteiger partial charge >= 0.3 is 0 Å².